The first kappa shape index (κ1) is 15.0. The molecule has 8 heteroatoms. The Kier molecular flexibility index (Phi) is 5.13. The maximum absolute atomic E-state index is 12.1. The molecule has 0 aromatic carbocycles. The zero-order chi connectivity index (χ0) is 14.5. The Labute approximate surface area is 125 Å². The van der Waals surface area contributed by atoms with E-state index in [0.29, 0.717) is 24.4 Å². The number of likely N-dealkylation sites (N-methyl/N-ethyl adjacent to an activating group) is 1. The molecular formula is C12H16N4O2S2. The van der Waals surface area contributed by atoms with Crippen molar-refractivity contribution in [1.82, 2.24) is 20.2 Å². The molecule has 0 N–H and O–H groups in total. The second-order valence-electron chi connectivity index (χ2n) is 4.26. The highest BCUT2D eigenvalue weighted by atomic mass is 32.2. The topological polar surface area (TPSA) is 72.1 Å². The molecule has 2 aromatic heterocycles. The lowest BCUT2D eigenvalue weighted by Gasteiger charge is -2.14. The number of carbonyl (C=O) groups excluding carboxylic acids is 1. The van der Waals surface area contributed by atoms with Crippen LogP contribution in [0.5, 0.6) is 0 Å². The molecule has 0 bridgehead atoms. The van der Waals surface area contributed by atoms with Crippen LogP contribution in [0.3, 0.4) is 0 Å². The van der Waals surface area contributed by atoms with Crippen molar-refractivity contribution in [2.24, 2.45) is 0 Å². The molecule has 0 aliphatic heterocycles. The van der Waals surface area contributed by atoms with Gasteiger partial charge in [-0.1, -0.05) is 29.0 Å². The van der Waals surface area contributed by atoms with Crippen molar-refractivity contribution in [2.45, 2.75) is 31.2 Å². The number of aromatic nitrogens is 3. The number of aryl methyl sites for hydroxylation is 1. The Morgan fingerprint density at radius 3 is 2.95 bits per heavy atom. The summed E-state index contributed by atoms with van der Waals surface area (Å²) in [6.07, 6.45) is 0.307. The number of hydrogen-bond acceptors (Lipinski definition) is 7. The van der Waals surface area contributed by atoms with E-state index in [2.05, 4.69) is 26.9 Å². The van der Waals surface area contributed by atoms with Crippen molar-refractivity contribution in [3.8, 4) is 0 Å². The van der Waals surface area contributed by atoms with E-state index < -0.39 is 0 Å². The second-order valence-corrected chi connectivity index (χ2v) is 6.63. The molecule has 0 aliphatic carbocycles. The zero-order valence-corrected chi connectivity index (χ0v) is 13.3. The van der Waals surface area contributed by atoms with Crippen molar-refractivity contribution in [3.05, 3.63) is 22.5 Å². The van der Waals surface area contributed by atoms with Crippen LogP contribution in [0.4, 0.5) is 0 Å². The lowest BCUT2D eigenvalue weighted by atomic mass is 10.3. The number of amides is 1. The summed E-state index contributed by atoms with van der Waals surface area (Å²) in [5, 5.41) is 9.41. The fourth-order valence-corrected chi connectivity index (χ4v) is 3.30. The number of thioether (sulfide) groups is 1. The Morgan fingerprint density at radius 2 is 2.30 bits per heavy atom. The first-order chi connectivity index (χ1) is 9.60. The van der Waals surface area contributed by atoms with Crippen LogP contribution in [0.2, 0.25) is 0 Å². The van der Waals surface area contributed by atoms with Gasteiger partial charge in [-0.2, -0.15) is 0 Å². The van der Waals surface area contributed by atoms with Gasteiger partial charge in [0.15, 0.2) is 0 Å². The molecule has 108 valence electrons. The van der Waals surface area contributed by atoms with Crippen LogP contribution >= 0.6 is 23.1 Å². The summed E-state index contributed by atoms with van der Waals surface area (Å²) in [5.41, 5.74) is 2.21. The van der Waals surface area contributed by atoms with E-state index in [1.54, 1.807) is 42.0 Å². The smallest absolute Gasteiger partial charge is 0.228 e. The SMILES string of the molecule is CCSc1nc(CC(=O)N(C)Cc2nonc2C)cs1. The molecule has 0 atom stereocenters. The van der Waals surface area contributed by atoms with Crippen LogP contribution < -0.4 is 0 Å². The highest BCUT2D eigenvalue weighted by Gasteiger charge is 2.15. The largest absolute Gasteiger partial charge is 0.339 e. The lowest BCUT2D eigenvalue weighted by Crippen LogP contribution is -2.28. The molecule has 0 spiro atoms. The molecule has 6 nitrogen and oxygen atoms in total. The minimum Gasteiger partial charge on any atom is -0.339 e. The van der Waals surface area contributed by atoms with Gasteiger partial charge in [-0.05, 0) is 12.7 Å². The molecule has 2 aromatic rings. The Balaban J connectivity index is 1.91. The highest BCUT2D eigenvalue weighted by molar-refractivity contribution is 8.00. The van der Waals surface area contributed by atoms with E-state index in [4.69, 9.17) is 0 Å². The van der Waals surface area contributed by atoms with Gasteiger partial charge < -0.3 is 4.90 Å². The third-order valence-corrected chi connectivity index (χ3v) is 4.64. The quantitative estimate of drug-likeness (QED) is 0.761. The third-order valence-electron chi connectivity index (χ3n) is 2.69. The van der Waals surface area contributed by atoms with E-state index in [9.17, 15) is 4.79 Å². The van der Waals surface area contributed by atoms with E-state index in [1.807, 2.05) is 5.38 Å². The minimum atomic E-state index is 0.00532. The number of carbonyl (C=O) groups is 1. The average Bonchev–Trinajstić information content (AvgIpc) is 3.00. The van der Waals surface area contributed by atoms with Crippen molar-refractivity contribution in [1.29, 1.82) is 0 Å². The van der Waals surface area contributed by atoms with Crippen LogP contribution in [-0.4, -0.2) is 38.9 Å². The molecule has 0 saturated carbocycles. The monoisotopic (exact) mass is 312 g/mol. The first-order valence-corrected chi connectivity index (χ1v) is 8.06. The third kappa shape index (κ3) is 3.80. The summed E-state index contributed by atoms with van der Waals surface area (Å²) in [7, 11) is 1.74. The standard InChI is InChI=1S/C12H16N4O2S2/c1-4-19-12-13-9(7-20-12)5-11(17)16(3)6-10-8(2)14-18-15-10/h7H,4-6H2,1-3H3. The van der Waals surface area contributed by atoms with Gasteiger partial charge in [0, 0.05) is 12.4 Å². The maximum Gasteiger partial charge on any atom is 0.228 e. The fraction of sp³-hybridized carbons (Fsp3) is 0.500. The zero-order valence-electron chi connectivity index (χ0n) is 11.6. The number of hydrogen-bond donors (Lipinski definition) is 0. The van der Waals surface area contributed by atoms with E-state index in [1.165, 1.54) is 0 Å². The molecule has 2 heterocycles. The van der Waals surface area contributed by atoms with Crippen LogP contribution in [0.15, 0.2) is 14.3 Å². The average molecular weight is 312 g/mol. The van der Waals surface area contributed by atoms with Gasteiger partial charge in [-0.25, -0.2) is 9.61 Å². The van der Waals surface area contributed by atoms with Gasteiger partial charge in [-0.3, -0.25) is 4.79 Å². The summed E-state index contributed by atoms with van der Waals surface area (Å²) >= 11 is 3.27. The number of rotatable bonds is 6. The fourth-order valence-electron chi connectivity index (χ4n) is 1.56. The second kappa shape index (κ2) is 6.85. The van der Waals surface area contributed by atoms with Gasteiger partial charge >= 0.3 is 0 Å². The molecular weight excluding hydrogens is 296 g/mol. The van der Waals surface area contributed by atoms with Crippen molar-refractivity contribution in [2.75, 3.05) is 12.8 Å². The highest BCUT2D eigenvalue weighted by Crippen LogP contribution is 2.22. The Hall–Kier alpha value is -1.41. The number of thiazole rings is 1. The summed E-state index contributed by atoms with van der Waals surface area (Å²) in [6, 6.07) is 0. The first-order valence-electron chi connectivity index (χ1n) is 6.19. The molecule has 0 aliphatic rings. The normalized spacial score (nSPS) is 10.8. The Bertz CT molecular complexity index is 582. The summed E-state index contributed by atoms with van der Waals surface area (Å²) in [5.74, 6) is 0.991. The molecule has 2 rings (SSSR count). The molecule has 1 amide bonds. The summed E-state index contributed by atoms with van der Waals surface area (Å²) in [4.78, 5) is 18.2. The van der Waals surface area contributed by atoms with Gasteiger partial charge in [0.1, 0.15) is 15.7 Å². The van der Waals surface area contributed by atoms with Crippen LogP contribution in [0.25, 0.3) is 0 Å². The van der Waals surface area contributed by atoms with E-state index in [0.717, 1.165) is 15.8 Å². The van der Waals surface area contributed by atoms with Gasteiger partial charge in [0.05, 0.1) is 18.7 Å². The van der Waals surface area contributed by atoms with E-state index >= 15 is 0 Å². The predicted molar refractivity (Wildman–Crippen MR) is 77.7 cm³/mol. The van der Waals surface area contributed by atoms with E-state index in [-0.39, 0.29) is 5.91 Å². The lowest BCUT2D eigenvalue weighted by molar-refractivity contribution is -0.129. The van der Waals surface area contributed by atoms with Crippen LogP contribution in [0, 0.1) is 6.92 Å². The molecule has 0 fully saturated rings. The predicted octanol–water partition coefficient (Wildman–Crippen LogP) is 2.15. The van der Waals surface area contributed by atoms with Gasteiger partial charge in [-0.15, -0.1) is 11.3 Å². The Morgan fingerprint density at radius 1 is 1.50 bits per heavy atom. The van der Waals surface area contributed by atoms with Crippen LogP contribution in [-0.2, 0) is 17.8 Å². The van der Waals surface area contributed by atoms with Crippen molar-refractivity contribution < 1.29 is 9.42 Å². The van der Waals surface area contributed by atoms with Crippen molar-refractivity contribution >= 4 is 29.0 Å². The minimum absolute atomic E-state index is 0.00532. The molecule has 0 saturated heterocycles. The molecule has 0 unspecified atom stereocenters. The summed E-state index contributed by atoms with van der Waals surface area (Å²) < 4.78 is 5.63. The summed E-state index contributed by atoms with van der Waals surface area (Å²) in [6.45, 7) is 4.28. The van der Waals surface area contributed by atoms with Crippen molar-refractivity contribution in [3.63, 3.8) is 0 Å². The number of nitrogens with zero attached hydrogens (tertiary/aromatic N) is 4. The van der Waals surface area contributed by atoms with Gasteiger partial charge in [0.25, 0.3) is 0 Å². The molecule has 20 heavy (non-hydrogen) atoms. The molecule has 0 radical (unpaired) electrons. The van der Waals surface area contributed by atoms with Crippen LogP contribution in [0.1, 0.15) is 24.0 Å². The van der Waals surface area contributed by atoms with Gasteiger partial charge in [0.2, 0.25) is 5.91 Å². The maximum atomic E-state index is 12.1.